The number of amides is 1. The second-order valence-corrected chi connectivity index (χ2v) is 5.07. The van der Waals surface area contributed by atoms with Gasteiger partial charge in [-0.1, -0.05) is 29.8 Å². The Bertz CT molecular complexity index is 718. The van der Waals surface area contributed by atoms with Gasteiger partial charge in [0.15, 0.2) is 0 Å². The smallest absolute Gasteiger partial charge is 0.337 e. The number of benzene rings is 2. The molecular weight excluding hydrogens is 309 g/mol. The van der Waals surface area contributed by atoms with E-state index < -0.39 is 11.9 Å². The van der Waals surface area contributed by atoms with Crippen molar-refractivity contribution in [3.63, 3.8) is 0 Å². The van der Waals surface area contributed by atoms with Gasteiger partial charge in [0.25, 0.3) is 0 Å². The molecule has 0 saturated carbocycles. The lowest BCUT2D eigenvalue weighted by Crippen LogP contribution is -2.15. The van der Waals surface area contributed by atoms with E-state index in [-0.39, 0.29) is 34.9 Å². The highest BCUT2D eigenvalue weighted by Gasteiger charge is 2.13. The number of carbonyl (C=O) groups is 2. The molecule has 2 aromatic rings. The molecule has 2 rings (SSSR count). The van der Waals surface area contributed by atoms with Crippen molar-refractivity contribution in [2.75, 3.05) is 5.32 Å². The van der Waals surface area contributed by atoms with Crippen LogP contribution < -0.4 is 5.32 Å². The lowest BCUT2D eigenvalue weighted by Gasteiger charge is -2.09. The van der Waals surface area contributed by atoms with Gasteiger partial charge in [-0.3, -0.25) is 4.79 Å². The fourth-order valence-corrected chi connectivity index (χ4v) is 2.14. The Morgan fingerprint density at radius 2 is 1.91 bits per heavy atom. The predicted octanol–water partition coefficient (Wildman–Crippen LogP) is 3.75. The van der Waals surface area contributed by atoms with Crippen LogP contribution in [0.1, 0.15) is 22.3 Å². The molecule has 22 heavy (non-hydrogen) atoms. The molecule has 0 aliphatic carbocycles. The Kier molecular flexibility index (Phi) is 5.12. The van der Waals surface area contributed by atoms with Crippen LogP contribution in [0.25, 0.3) is 0 Å². The molecule has 4 nitrogen and oxygen atoms in total. The number of hydrogen-bond donors (Lipinski definition) is 2. The van der Waals surface area contributed by atoms with Crippen LogP contribution in [0.3, 0.4) is 0 Å². The Hall–Kier alpha value is -2.40. The van der Waals surface area contributed by atoms with Gasteiger partial charge in [-0.2, -0.15) is 0 Å². The SMILES string of the molecule is O=C(CCc1ccccc1F)Nc1ccc(Cl)cc1C(=O)O. The van der Waals surface area contributed by atoms with Gasteiger partial charge in [0, 0.05) is 11.4 Å². The molecular formula is C16H13ClFNO3. The number of hydrogen-bond acceptors (Lipinski definition) is 2. The van der Waals surface area contributed by atoms with Gasteiger partial charge in [0.2, 0.25) is 5.91 Å². The maximum Gasteiger partial charge on any atom is 0.337 e. The van der Waals surface area contributed by atoms with Crippen LogP contribution in [0.15, 0.2) is 42.5 Å². The number of halogens is 2. The summed E-state index contributed by atoms with van der Waals surface area (Å²) in [6, 6.07) is 10.4. The quantitative estimate of drug-likeness (QED) is 0.881. The monoisotopic (exact) mass is 321 g/mol. The fraction of sp³-hybridized carbons (Fsp3) is 0.125. The molecule has 0 saturated heterocycles. The summed E-state index contributed by atoms with van der Waals surface area (Å²) in [6.07, 6.45) is 0.275. The van der Waals surface area contributed by atoms with E-state index in [1.165, 1.54) is 24.3 Å². The third-order valence-corrected chi connectivity index (χ3v) is 3.30. The van der Waals surface area contributed by atoms with E-state index in [9.17, 15) is 14.0 Å². The lowest BCUT2D eigenvalue weighted by atomic mass is 10.1. The maximum absolute atomic E-state index is 13.5. The number of rotatable bonds is 5. The predicted molar refractivity (Wildman–Crippen MR) is 81.8 cm³/mol. The Morgan fingerprint density at radius 1 is 1.18 bits per heavy atom. The van der Waals surface area contributed by atoms with Crippen molar-refractivity contribution < 1.29 is 19.1 Å². The molecule has 0 bridgehead atoms. The zero-order valence-electron chi connectivity index (χ0n) is 11.5. The van der Waals surface area contributed by atoms with E-state index >= 15 is 0 Å². The largest absolute Gasteiger partial charge is 0.478 e. The highest BCUT2D eigenvalue weighted by atomic mass is 35.5. The lowest BCUT2D eigenvalue weighted by molar-refractivity contribution is -0.116. The average molecular weight is 322 g/mol. The first-order chi connectivity index (χ1) is 10.5. The molecule has 0 heterocycles. The molecule has 1 amide bonds. The van der Waals surface area contributed by atoms with Gasteiger partial charge in [0.1, 0.15) is 5.82 Å². The Balaban J connectivity index is 2.04. The third kappa shape index (κ3) is 4.05. The van der Waals surface area contributed by atoms with Gasteiger partial charge in [-0.25, -0.2) is 9.18 Å². The average Bonchev–Trinajstić information content (AvgIpc) is 2.48. The highest BCUT2D eigenvalue weighted by molar-refractivity contribution is 6.31. The van der Waals surface area contributed by atoms with Crippen molar-refractivity contribution in [3.05, 3.63) is 64.4 Å². The summed E-state index contributed by atoms with van der Waals surface area (Å²) in [5.74, 6) is -1.95. The number of aryl methyl sites for hydroxylation is 1. The molecule has 0 aliphatic rings. The first-order valence-electron chi connectivity index (χ1n) is 6.53. The van der Waals surface area contributed by atoms with Gasteiger partial charge in [-0.15, -0.1) is 0 Å². The summed E-state index contributed by atoms with van der Waals surface area (Å²) < 4.78 is 13.5. The van der Waals surface area contributed by atoms with E-state index in [2.05, 4.69) is 5.32 Å². The summed E-state index contributed by atoms with van der Waals surface area (Å²) in [5, 5.41) is 11.9. The van der Waals surface area contributed by atoms with Crippen LogP contribution in [0, 0.1) is 5.82 Å². The number of carboxylic acids is 1. The Labute approximate surface area is 131 Å². The number of carbonyl (C=O) groups excluding carboxylic acids is 1. The summed E-state index contributed by atoms with van der Waals surface area (Å²) in [7, 11) is 0. The van der Waals surface area contributed by atoms with Crippen molar-refractivity contribution >= 4 is 29.2 Å². The van der Waals surface area contributed by atoms with Crippen LogP contribution in [0.4, 0.5) is 10.1 Å². The highest BCUT2D eigenvalue weighted by Crippen LogP contribution is 2.21. The summed E-state index contributed by atoms with van der Waals surface area (Å²) in [4.78, 5) is 23.0. The standard InChI is InChI=1S/C16H13ClFNO3/c17-11-6-7-14(12(9-11)16(21)22)19-15(20)8-5-10-3-1-2-4-13(10)18/h1-4,6-7,9H,5,8H2,(H,19,20)(H,21,22). The normalized spacial score (nSPS) is 10.3. The van der Waals surface area contributed by atoms with E-state index in [0.29, 0.717) is 5.56 Å². The number of carboxylic acid groups (broad SMARTS) is 1. The van der Waals surface area contributed by atoms with Crippen molar-refractivity contribution in [1.29, 1.82) is 0 Å². The fourth-order valence-electron chi connectivity index (χ4n) is 1.96. The number of anilines is 1. The van der Waals surface area contributed by atoms with Crippen LogP contribution in [-0.4, -0.2) is 17.0 Å². The molecule has 2 aromatic carbocycles. The zero-order chi connectivity index (χ0) is 16.1. The third-order valence-electron chi connectivity index (χ3n) is 3.07. The van der Waals surface area contributed by atoms with Crippen molar-refractivity contribution in [2.24, 2.45) is 0 Å². The van der Waals surface area contributed by atoms with Crippen LogP contribution in [0.2, 0.25) is 5.02 Å². The molecule has 0 radical (unpaired) electrons. The van der Waals surface area contributed by atoms with Gasteiger partial charge in [0.05, 0.1) is 11.3 Å². The van der Waals surface area contributed by atoms with Crippen LogP contribution >= 0.6 is 11.6 Å². The Morgan fingerprint density at radius 3 is 2.59 bits per heavy atom. The molecule has 0 aliphatic heterocycles. The molecule has 0 atom stereocenters. The molecule has 114 valence electrons. The van der Waals surface area contributed by atoms with Gasteiger partial charge >= 0.3 is 5.97 Å². The maximum atomic E-state index is 13.5. The minimum absolute atomic E-state index is 0.0443. The second-order valence-electron chi connectivity index (χ2n) is 4.63. The topological polar surface area (TPSA) is 66.4 Å². The van der Waals surface area contributed by atoms with Crippen molar-refractivity contribution in [1.82, 2.24) is 0 Å². The summed E-state index contributed by atoms with van der Waals surface area (Å²) >= 11 is 5.74. The van der Waals surface area contributed by atoms with Crippen LogP contribution in [-0.2, 0) is 11.2 Å². The second kappa shape index (κ2) is 7.04. The molecule has 2 N–H and O–H groups in total. The molecule has 0 fully saturated rings. The zero-order valence-corrected chi connectivity index (χ0v) is 12.2. The van der Waals surface area contributed by atoms with E-state index in [1.54, 1.807) is 18.2 Å². The summed E-state index contributed by atoms with van der Waals surface area (Å²) in [5.41, 5.74) is 0.509. The van der Waals surface area contributed by atoms with Crippen molar-refractivity contribution in [2.45, 2.75) is 12.8 Å². The number of nitrogens with one attached hydrogen (secondary N) is 1. The molecule has 6 heteroatoms. The first kappa shape index (κ1) is 16.0. The minimum atomic E-state index is -1.19. The molecule has 0 spiro atoms. The molecule has 0 aromatic heterocycles. The van der Waals surface area contributed by atoms with E-state index in [4.69, 9.17) is 16.7 Å². The minimum Gasteiger partial charge on any atom is -0.478 e. The van der Waals surface area contributed by atoms with E-state index in [1.807, 2.05) is 0 Å². The molecule has 0 unspecified atom stereocenters. The number of aromatic carboxylic acids is 1. The van der Waals surface area contributed by atoms with E-state index in [0.717, 1.165) is 0 Å². The first-order valence-corrected chi connectivity index (χ1v) is 6.91. The van der Waals surface area contributed by atoms with Crippen LogP contribution in [0.5, 0.6) is 0 Å². The van der Waals surface area contributed by atoms with Gasteiger partial charge in [-0.05, 0) is 36.2 Å². The summed E-state index contributed by atoms with van der Waals surface area (Å²) in [6.45, 7) is 0. The van der Waals surface area contributed by atoms with Gasteiger partial charge < -0.3 is 10.4 Å². The van der Waals surface area contributed by atoms with Crippen molar-refractivity contribution in [3.8, 4) is 0 Å².